The third-order valence-electron chi connectivity index (χ3n) is 7.79. The quantitative estimate of drug-likeness (QED) is 0.612. The molecule has 0 aliphatic carbocycles. The number of carbonyl (C=O) groups excluding carboxylic acids is 3. The highest BCUT2D eigenvalue weighted by Gasteiger charge is 2.35. The van der Waals surface area contributed by atoms with Crippen molar-refractivity contribution in [3.05, 3.63) is 29.6 Å². The number of benzene rings is 1. The number of imide groups is 1. The summed E-state index contributed by atoms with van der Waals surface area (Å²) >= 11 is 0. The number of carbonyl (C=O) groups is 3. The molecule has 0 saturated carbocycles. The summed E-state index contributed by atoms with van der Waals surface area (Å²) in [4.78, 5) is 42.4. The van der Waals surface area contributed by atoms with E-state index in [2.05, 4.69) is 29.0 Å². The fourth-order valence-electron chi connectivity index (χ4n) is 5.84. The van der Waals surface area contributed by atoms with E-state index in [-0.39, 0.29) is 42.2 Å². The van der Waals surface area contributed by atoms with Crippen LogP contribution in [0, 0.1) is 11.7 Å². The van der Waals surface area contributed by atoms with Crippen LogP contribution in [0.5, 0.6) is 0 Å². The third kappa shape index (κ3) is 6.61. The van der Waals surface area contributed by atoms with Crippen LogP contribution < -0.4 is 10.2 Å². The summed E-state index contributed by atoms with van der Waals surface area (Å²) in [7, 11) is 0. The van der Waals surface area contributed by atoms with Gasteiger partial charge in [0, 0.05) is 51.2 Å². The van der Waals surface area contributed by atoms with Crippen LogP contribution in [0.4, 0.5) is 14.9 Å². The molecule has 0 radical (unpaired) electrons. The Bertz CT molecular complexity index is 1010. The van der Waals surface area contributed by atoms with Gasteiger partial charge in [0.1, 0.15) is 11.4 Å². The van der Waals surface area contributed by atoms with E-state index in [0.29, 0.717) is 36.7 Å². The molecule has 1 N–H and O–H groups in total. The highest BCUT2D eigenvalue weighted by atomic mass is 19.1. The number of ether oxygens (including phenoxy) is 1. The van der Waals surface area contributed by atoms with Gasteiger partial charge in [0.15, 0.2) is 0 Å². The molecule has 9 heteroatoms. The van der Waals surface area contributed by atoms with Gasteiger partial charge in [-0.05, 0) is 77.5 Å². The molecule has 1 aromatic carbocycles. The zero-order chi connectivity index (χ0) is 26.9. The molecule has 0 bridgehead atoms. The lowest BCUT2D eigenvalue weighted by atomic mass is 9.90. The van der Waals surface area contributed by atoms with Crippen LogP contribution in [0.2, 0.25) is 0 Å². The highest BCUT2D eigenvalue weighted by Crippen LogP contribution is 2.32. The van der Waals surface area contributed by atoms with Gasteiger partial charge in [-0.1, -0.05) is 6.07 Å². The van der Waals surface area contributed by atoms with Crippen LogP contribution in [0.25, 0.3) is 0 Å². The first kappa shape index (κ1) is 27.4. The zero-order valence-corrected chi connectivity index (χ0v) is 22.8. The van der Waals surface area contributed by atoms with Crippen molar-refractivity contribution in [2.24, 2.45) is 5.92 Å². The van der Waals surface area contributed by atoms with Crippen molar-refractivity contribution in [1.82, 2.24) is 15.1 Å². The van der Waals surface area contributed by atoms with Crippen LogP contribution in [-0.4, -0.2) is 78.1 Å². The first-order valence-electron chi connectivity index (χ1n) is 13.5. The van der Waals surface area contributed by atoms with Crippen LogP contribution in [0.1, 0.15) is 71.8 Å². The second kappa shape index (κ2) is 11.0. The van der Waals surface area contributed by atoms with E-state index in [1.54, 1.807) is 6.07 Å². The molecule has 204 valence electrons. The lowest BCUT2D eigenvalue weighted by Gasteiger charge is -2.47. The maximum atomic E-state index is 15.2. The number of piperazine rings is 1. The molecule has 1 aromatic rings. The lowest BCUT2D eigenvalue weighted by molar-refractivity contribution is -0.134. The van der Waals surface area contributed by atoms with E-state index >= 15 is 4.39 Å². The highest BCUT2D eigenvalue weighted by molar-refractivity contribution is 6.00. The number of amides is 3. The van der Waals surface area contributed by atoms with E-state index in [9.17, 15) is 14.4 Å². The van der Waals surface area contributed by atoms with E-state index in [0.717, 1.165) is 32.5 Å². The SMILES string of the molecule is C[C@@H]1CN(c2ccc(C3CCC(=O)NC3=O)cc2F)C[C@H](C)N1CC1CCN(C(=O)OC(C)(C)C)CC1. The molecule has 3 aliphatic heterocycles. The number of likely N-dealkylation sites (tertiary alicyclic amines) is 1. The summed E-state index contributed by atoms with van der Waals surface area (Å²) in [6.07, 6.45) is 2.36. The fourth-order valence-corrected chi connectivity index (χ4v) is 5.84. The lowest BCUT2D eigenvalue weighted by Crippen LogP contribution is -2.58. The van der Waals surface area contributed by atoms with Gasteiger partial charge in [-0.25, -0.2) is 9.18 Å². The number of anilines is 1. The summed E-state index contributed by atoms with van der Waals surface area (Å²) < 4.78 is 20.7. The van der Waals surface area contributed by atoms with Crippen LogP contribution in [0.15, 0.2) is 18.2 Å². The van der Waals surface area contributed by atoms with Gasteiger partial charge in [-0.2, -0.15) is 0 Å². The van der Waals surface area contributed by atoms with Gasteiger partial charge >= 0.3 is 6.09 Å². The Kier molecular flexibility index (Phi) is 8.11. The minimum atomic E-state index is -0.488. The van der Waals surface area contributed by atoms with Crippen LogP contribution >= 0.6 is 0 Å². The average Bonchev–Trinajstić information content (AvgIpc) is 2.80. The predicted octanol–water partition coefficient (Wildman–Crippen LogP) is 3.89. The summed E-state index contributed by atoms with van der Waals surface area (Å²) in [5, 5.41) is 2.35. The molecule has 4 rings (SSSR count). The number of nitrogens with zero attached hydrogens (tertiary/aromatic N) is 3. The molecular formula is C28H41FN4O4. The van der Waals surface area contributed by atoms with Crippen LogP contribution in [-0.2, 0) is 14.3 Å². The molecule has 3 heterocycles. The molecule has 0 aromatic heterocycles. The van der Waals surface area contributed by atoms with Gasteiger partial charge in [0.2, 0.25) is 11.8 Å². The van der Waals surface area contributed by atoms with Gasteiger partial charge < -0.3 is 14.5 Å². The maximum Gasteiger partial charge on any atom is 0.410 e. The predicted molar refractivity (Wildman–Crippen MR) is 140 cm³/mol. The Morgan fingerprint density at radius 3 is 2.30 bits per heavy atom. The maximum absolute atomic E-state index is 15.2. The van der Waals surface area contributed by atoms with Gasteiger partial charge in [0.05, 0.1) is 11.6 Å². The number of nitrogens with one attached hydrogen (secondary N) is 1. The summed E-state index contributed by atoms with van der Waals surface area (Å²) in [5.74, 6) is -0.925. The molecule has 1 unspecified atom stereocenters. The first-order chi connectivity index (χ1) is 17.4. The molecule has 37 heavy (non-hydrogen) atoms. The van der Waals surface area contributed by atoms with E-state index < -0.39 is 11.5 Å². The van der Waals surface area contributed by atoms with Gasteiger partial charge in [0.25, 0.3) is 0 Å². The minimum absolute atomic E-state index is 0.230. The van der Waals surface area contributed by atoms with Crippen LogP contribution in [0.3, 0.4) is 0 Å². The molecule has 3 aliphatic rings. The van der Waals surface area contributed by atoms with Crippen molar-refractivity contribution in [1.29, 1.82) is 0 Å². The first-order valence-corrected chi connectivity index (χ1v) is 13.5. The molecule has 3 fully saturated rings. The molecule has 3 amide bonds. The second-order valence-electron chi connectivity index (χ2n) is 11.9. The van der Waals surface area contributed by atoms with Crippen molar-refractivity contribution in [3.63, 3.8) is 0 Å². The number of rotatable bonds is 4. The molecule has 0 spiro atoms. The molecule has 8 nitrogen and oxygen atoms in total. The third-order valence-corrected chi connectivity index (χ3v) is 7.79. The van der Waals surface area contributed by atoms with Gasteiger partial charge in [-0.3, -0.25) is 19.8 Å². The van der Waals surface area contributed by atoms with E-state index in [1.165, 1.54) is 6.07 Å². The Morgan fingerprint density at radius 2 is 1.73 bits per heavy atom. The standard InChI is InChI=1S/C28H41FN4O4/c1-18-15-32(24-8-6-21(14-23(24)29)22-7-9-25(34)30-26(22)35)16-19(2)33(18)17-20-10-12-31(13-11-20)27(36)37-28(3,4)5/h6,8,14,18-20,22H,7,9-13,15-17H2,1-5H3,(H,30,34,35)/t18-,19+,22?. The number of hydrogen-bond acceptors (Lipinski definition) is 6. The van der Waals surface area contributed by atoms with Crippen molar-refractivity contribution in [3.8, 4) is 0 Å². The Hall–Kier alpha value is -2.68. The average molecular weight is 517 g/mol. The Morgan fingerprint density at radius 1 is 1.08 bits per heavy atom. The minimum Gasteiger partial charge on any atom is -0.444 e. The number of halogens is 1. The normalized spacial score (nSPS) is 26.3. The van der Waals surface area contributed by atoms with Crippen molar-refractivity contribution in [2.75, 3.05) is 37.6 Å². The molecule has 3 atom stereocenters. The molecule has 3 saturated heterocycles. The summed E-state index contributed by atoms with van der Waals surface area (Å²) in [6, 6.07) is 5.55. The largest absolute Gasteiger partial charge is 0.444 e. The summed E-state index contributed by atoms with van der Waals surface area (Å²) in [6.45, 7) is 13.9. The monoisotopic (exact) mass is 516 g/mol. The second-order valence-corrected chi connectivity index (χ2v) is 11.9. The fraction of sp³-hybridized carbons (Fsp3) is 0.679. The van der Waals surface area contributed by atoms with Gasteiger partial charge in [-0.15, -0.1) is 0 Å². The number of piperidine rings is 2. The number of hydrogen-bond donors (Lipinski definition) is 1. The zero-order valence-electron chi connectivity index (χ0n) is 22.8. The summed E-state index contributed by atoms with van der Waals surface area (Å²) in [5.41, 5.74) is 0.687. The van der Waals surface area contributed by atoms with Crippen molar-refractivity contribution < 1.29 is 23.5 Å². The Labute approximate surface area is 219 Å². The van der Waals surface area contributed by atoms with E-state index in [4.69, 9.17) is 4.74 Å². The van der Waals surface area contributed by atoms with E-state index in [1.807, 2.05) is 31.7 Å². The smallest absolute Gasteiger partial charge is 0.410 e. The topological polar surface area (TPSA) is 82.2 Å². The molecular weight excluding hydrogens is 475 g/mol. The Balaban J connectivity index is 1.32. The van der Waals surface area contributed by atoms with Crippen molar-refractivity contribution in [2.45, 2.75) is 83.9 Å². The van der Waals surface area contributed by atoms with Crippen molar-refractivity contribution >= 4 is 23.6 Å².